The van der Waals surface area contributed by atoms with Crippen LogP contribution in [0.3, 0.4) is 0 Å². The van der Waals surface area contributed by atoms with Gasteiger partial charge in [0.2, 0.25) is 5.91 Å². The number of pyridine rings is 1. The summed E-state index contributed by atoms with van der Waals surface area (Å²) < 4.78 is 9.27. The van der Waals surface area contributed by atoms with Crippen LogP contribution in [-0.2, 0) is 16.1 Å². The summed E-state index contributed by atoms with van der Waals surface area (Å²) in [5, 5.41) is 6.04. The van der Waals surface area contributed by atoms with Gasteiger partial charge >= 0.3 is 0 Å². The number of carbonyl (C=O) groups is 1. The highest BCUT2D eigenvalue weighted by atomic mass is 35.5. The molecular formula is C26H26ClN7O2. The zero-order valence-electron chi connectivity index (χ0n) is 20.1. The van der Waals surface area contributed by atoms with Gasteiger partial charge in [-0.2, -0.15) is 5.10 Å². The Morgan fingerprint density at radius 2 is 2.17 bits per heavy atom. The van der Waals surface area contributed by atoms with E-state index in [-0.39, 0.29) is 18.0 Å². The molecule has 5 rings (SSSR count). The average molecular weight is 504 g/mol. The van der Waals surface area contributed by atoms with Crippen LogP contribution in [0.5, 0.6) is 0 Å². The number of halogens is 1. The molecule has 2 atom stereocenters. The normalized spacial score (nSPS) is 17.5. The van der Waals surface area contributed by atoms with Crippen LogP contribution in [-0.4, -0.2) is 61.4 Å². The number of nitrogens with zero attached hydrogens (tertiary/aromatic N) is 6. The molecule has 10 heteroatoms. The van der Waals surface area contributed by atoms with Gasteiger partial charge in [-0.05, 0) is 43.5 Å². The fraction of sp³-hybridized carbons (Fsp3) is 0.308. The minimum Gasteiger partial charge on any atom is -0.383 e. The molecule has 184 valence electrons. The Balaban J connectivity index is 1.56. The Morgan fingerprint density at radius 3 is 2.92 bits per heavy atom. The molecule has 36 heavy (non-hydrogen) atoms. The molecule has 0 spiro atoms. The third-order valence-electron chi connectivity index (χ3n) is 6.57. The number of carbonyl (C=O) groups excluding carboxylic acids is 1. The van der Waals surface area contributed by atoms with Gasteiger partial charge in [-0.15, -0.1) is 0 Å². The number of aryl methyl sites for hydroxylation is 1. The topological polar surface area (TPSA) is 104 Å². The van der Waals surface area contributed by atoms with Crippen molar-refractivity contribution < 1.29 is 9.53 Å². The Kier molecular flexibility index (Phi) is 6.39. The minimum atomic E-state index is -0.132. The van der Waals surface area contributed by atoms with Crippen LogP contribution in [0.1, 0.15) is 30.6 Å². The summed E-state index contributed by atoms with van der Waals surface area (Å²) in [6, 6.07) is 5.47. The summed E-state index contributed by atoms with van der Waals surface area (Å²) in [6.45, 7) is 7.40. The van der Waals surface area contributed by atoms with Crippen molar-refractivity contribution in [2.24, 2.45) is 0 Å². The van der Waals surface area contributed by atoms with E-state index in [0.29, 0.717) is 47.1 Å². The molecule has 4 aromatic rings. The average Bonchev–Trinajstić information content (AvgIpc) is 3.58. The molecule has 1 amide bonds. The lowest BCUT2D eigenvalue weighted by Crippen LogP contribution is -2.37. The van der Waals surface area contributed by atoms with Gasteiger partial charge in [0.15, 0.2) is 0 Å². The van der Waals surface area contributed by atoms with Gasteiger partial charge in [0, 0.05) is 32.0 Å². The highest BCUT2D eigenvalue weighted by Gasteiger charge is 2.36. The van der Waals surface area contributed by atoms with Gasteiger partial charge in [0.05, 0.1) is 52.0 Å². The number of nitrogen functional groups attached to an aromatic ring is 1. The number of imidazole rings is 1. The van der Waals surface area contributed by atoms with Crippen LogP contribution < -0.4 is 5.73 Å². The van der Waals surface area contributed by atoms with E-state index in [1.54, 1.807) is 24.5 Å². The van der Waals surface area contributed by atoms with E-state index in [1.165, 1.54) is 6.08 Å². The summed E-state index contributed by atoms with van der Waals surface area (Å²) in [4.78, 5) is 22.9. The van der Waals surface area contributed by atoms with Crippen molar-refractivity contribution in [3.8, 4) is 11.8 Å². The van der Waals surface area contributed by atoms with E-state index >= 15 is 0 Å². The highest BCUT2D eigenvalue weighted by Crippen LogP contribution is 2.33. The maximum Gasteiger partial charge on any atom is 0.246 e. The minimum absolute atomic E-state index is 0.0769. The van der Waals surface area contributed by atoms with E-state index in [0.717, 1.165) is 23.1 Å². The Bertz CT molecular complexity index is 1540. The summed E-state index contributed by atoms with van der Waals surface area (Å²) in [7, 11) is 1.63. The molecule has 0 unspecified atom stereocenters. The SMILES string of the molecule is C=CC(=O)N1C[C@@H](n2nc(C#Cc3cc4ncn(CC)c4cc3Cl)c3c(N)nccc32)C[C@@H]1COC. The molecule has 1 aliphatic heterocycles. The van der Waals surface area contributed by atoms with Gasteiger partial charge in [-0.1, -0.05) is 24.1 Å². The molecule has 9 nitrogen and oxygen atoms in total. The molecule has 1 fully saturated rings. The second-order valence-corrected chi connectivity index (χ2v) is 9.09. The lowest BCUT2D eigenvalue weighted by Gasteiger charge is -2.22. The molecule has 2 N–H and O–H groups in total. The van der Waals surface area contributed by atoms with E-state index in [1.807, 2.05) is 27.4 Å². The van der Waals surface area contributed by atoms with Crippen molar-refractivity contribution in [1.82, 2.24) is 29.2 Å². The second kappa shape index (κ2) is 9.64. The molecule has 1 saturated heterocycles. The molecule has 0 saturated carbocycles. The fourth-order valence-electron chi connectivity index (χ4n) is 4.84. The molecule has 3 aromatic heterocycles. The van der Waals surface area contributed by atoms with Gasteiger partial charge in [-0.25, -0.2) is 9.97 Å². The van der Waals surface area contributed by atoms with E-state index in [9.17, 15) is 4.79 Å². The van der Waals surface area contributed by atoms with Gasteiger partial charge in [-0.3, -0.25) is 9.48 Å². The van der Waals surface area contributed by atoms with Crippen molar-refractivity contribution in [2.45, 2.75) is 32.0 Å². The number of hydrogen-bond acceptors (Lipinski definition) is 6. The van der Waals surface area contributed by atoms with Gasteiger partial charge in [0.25, 0.3) is 0 Å². The maximum atomic E-state index is 12.5. The molecule has 1 aromatic carbocycles. The first-order valence-electron chi connectivity index (χ1n) is 11.7. The maximum absolute atomic E-state index is 12.5. The third-order valence-corrected chi connectivity index (χ3v) is 6.88. The summed E-state index contributed by atoms with van der Waals surface area (Å²) >= 11 is 6.56. The summed E-state index contributed by atoms with van der Waals surface area (Å²) in [5.41, 5.74) is 10.0. The number of hydrogen-bond donors (Lipinski definition) is 1. The Labute approximate surface area is 213 Å². The van der Waals surface area contributed by atoms with Crippen LogP contribution in [0.15, 0.2) is 43.4 Å². The van der Waals surface area contributed by atoms with E-state index in [4.69, 9.17) is 27.2 Å². The van der Waals surface area contributed by atoms with Gasteiger partial charge in [0.1, 0.15) is 11.5 Å². The first kappa shape index (κ1) is 23.9. The number of fused-ring (bicyclic) bond motifs is 2. The predicted octanol–water partition coefficient (Wildman–Crippen LogP) is 3.41. The number of nitrogens with two attached hydrogens (primary N) is 1. The van der Waals surface area contributed by atoms with Gasteiger partial charge < -0.3 is 19.9 Å². The lowest BCUT2D eigenvalue weighted by molar-refractivity contribution is -0.127. The number of methoxy groups -OCH3 is 1. The number of amides is 1. The van der Waals surface area contributed by atoms with Crippen LogP contribution in [0.25, 0.3) is 21.9 Å². The number of anilines is 1. The molecule has 0 aliphatic carbocycles. The zero-order chi connectivity index (χ0) is 25.4. The Hall–Kier alpha value is -3.87. The first-order valence-corrected chi connectivity index (χ1v) is 12.0. The lowest BCUT2D eigenvalue weighted by atomic mass is 10.1. The zero-order valence-corrected chi connectivity index (χ0v) is 20.9. The molecule has 0 bridgehead atoms. The summed E-state index contributed by atoms with van der Waals surface area (Å²) in [6.07, 6.45) is 5.45. The third kappa shape index (κ3) is 4.08. The van der Waals surface area contributed by atoms with E-state index in [2.05, 4.69) is 35.3 Å². The smallest absolute Gasteiger partial charge is 0.246 e. The number of ether oxygens (including phenoxy) is 1. The van der Waals surface area contributed by atoms with Crippen molar-refractivity contribution in [3.63, 3.8) is 0 Å². The summed E-state index contributed by atoms with van der Waals surface area (Å²) in [5.74, 6) is 6.52. The monoisotopic (exact) mass is 503 g/mol. The molecule has 0 radical (unpaired) electrons. The first-order chi connectivity index (χ1) is 17.4. The second-order valence-electron chi connectivity index (χ2n) is 8.68. The molecule has 4 heterocycles. The molecule has 1 aliphatic rings. The van der Waals surface area contributed by atoms with Crippen LogP contribution in [0.4, 0.5) is 5.82 Å². The largest absolute Gasteiger partial charge is 0.383 e. The standard InChI is InChI=1S/C26H26ClN7O2/c1-4-24(35)33-13-17(11-18(33)14-36-3)34-22-8-9-29-26(28)25(22)20(31-34)7-6-16-10-21-23(12-19(16)27)32(5-2)15-30-21/h4,8-10,12,15,17-18H,1,5,11,13-14H2,2-3H3,(H2,28,29)/t17-,18+/m0/s1. The van der Waals surface area contributed by atoms with Crippen molar-refractivity contribution in [1.29, 1.82) is 0 Å². The van der Waals surface area contributed by atoms with Crippen LogP contribution >= 0.6 is 11.6 Å². The fourth-order valence-corrected chi connectivity index (χ4v) is 5.04. The van der Waals surface area contributed by atoms with E-state index < -0.39 is 0 Å². The van der Waals surface area contributed by atoms with Crippen molar-refractivity contribution in [3.05, 3.63) is 59.7 Å². The number of rotatable bonds is 5. The van der Waals surface area contributed by atoms with Crippen molar-refractivity contribution >= 4 is 45.3 Å². The molecular weight excluding hydrogens is 478 g/mol. The number of benzene rings is 1. The van der Waals surface area contributed by atoms with Crippen LogP contribution in [0.2, 0.25) is 5.02 Å². The quantitative estimate of drug-likeness (QED) is 0.330. The van der Waals surface area contributed by atoms with Crippen LogP contribution in [0, 0.1) is 11.8 Å². The number of likely N-dealkylation sites (tertiary alicyclic amines) is 1. The predicted molar refractivity (Wildman–Crippen MR) is 140 cm³/mol. The number of aromatic nitrogens is 5. The van der Waals surface area contributed by atoms with Crippen molar-refractivity contribution in [2.75, 3.05) is 26.0 Å². The Morgan fingerprint density at radius 1 is 1.33 bits per heavy atom. The highest BCUT2D eigenvalue weighted by molar-refractivity contribution is 6.32.